The van der Waals surface area contributed by atoms with Gasteiger partial charge in [-0.15, -0.1) is 24.8 Å². The minimum Gasteiger partial charge on any atom is -0.346 e. The van der Waals surface area contributed by atoms with E-state index in [1.807, 2.05) is 24.6 Å². The number of hydrogen-bond acceptors (Lipinski definition) is 4. The van der Waals surface area contributed by atoms with E-state index in [4.69, 9.17) is 5.73 Å². The summed E-state index contributed by atoms with van der Waals surface area (Å²) in [5, 5.41) is 8.34. The fourth-order valence-corrected chi connectivity index (χ4v) is 3.10. The van der Waals surface area contributed by atoms with Crippen LogP contribution in [0.4, 0.5) is 0 Å². The number of amides is 1. The molecule has 2 aromatic heterocycles. The van der Waals surface area contributed by atoms with Gasteiger partial charge >= 0.3 is 0 Å². The predicted molar refractivity (Wildman–Crippen MR) is 112 cm³/mol. The molecule has 0 aliphatic rings. The second-order valence-corrected chi connectivity index (χ2v) is 7.53. The molecule has 0 aliphatic carbocycles. The van der Waals surface area contributed by atoms with Crippen molar-refractivity contribution >= 4 is 41.8 Å². The van der Waals surface area contributed by atoms with Gasteiger partial charge in [0.25, 0.3) is 5.91 Å². The number of aromatic nitrogens is 3. The Labute approximate surface area is 168 Å². The van der Waals surface area contributed by atoms with Crippen LogP contribution in [-0.4, -0.2) is 32.8 Å². The van der Waals surface area contributed by atoms with Crippen molar-refractivity contribution in [2.24, 2.45) is 11.7 Å². The fraction of sp³-hybridized carbons (Fsp3) is 0.611. The van der Waals surface area contributed by atoms with Gasteiger partial charge in [0, 0.05) is 23.5 Å². The minimum absolute atomic E-state index is 0. The number of fused-ring (bicyclic) bond motifs is 1. The Bertz CT molecular complexity index is 745. The molecular weight excluding hydrogens is 373 g/mol. The molecular formula is C18H31Cl2N5O. The monoisotopic (exact) mass is 403 g/mol. The SMILES string of the molecule is Cc1nc2c(cnn2C(C)C)cc1C(=O)NC(C)(CN)CC(C)C.Cl.Cl. The van der Waals surface area contributed by atoms with E-state index in [0.717, 1.165) is 17.5 Å². The van der Waals surface area contributed by atoms with Crippen LogP contribution in [0.15, 0.2) is 12.3 Å². The highest BCUT2D eigenvalue weighted by molar-refractivity contribution is 5.98. The number of rotatable bonds is 6. The van der Waals surface area contributed by atoms with Gasteiger partial charge in [0.2, 0.25) is 0 Å². The number of pyridine rings is 1. The third kappa shape index (κ3) is 5.32. The Balaban J connectivity index is 0.00000312. The maximum absolute atomic E-state index is 12.8. The number of aryl methyl sites for hydroxylation is 1. The van der Waals surface area contributed by atoms with Gasteiger partial charge in [-0.25, -0.2) is 9.67 Å². The molecule has 0 saturated carbocycles. The van der Waals surface area contributed by atoms with Crippen LogP contribution in [0.5, 0.6) is 0 Å². The van der Waals surface area contributed by atoms with E-state index in [2.05, 4.69) is 43.1 Å². The standard InChI is InChI=1S/C18H29N5O.2ClH/c1-11(2)8-18(6,10-19)22-17(24)15-7-14-9-20-23(12(3)4)16(14)21-13(15)5;;/h7,9,11-12H,8,10,19H2,1-6H3,(H,22,24);2*1H. The first-order valence-electron chi connectivity index (χ1n) is 8.54. The van der Waals surface area contributed by atoms with Gasteiger partial charge < -0.3 is 11.1 Å². The summed E-state index contributed by atoms with van der Waals surface area (Å²) < 4.78 is 1.87. The molecule has 0 saturated heterocycles. The summed E-state index contributed by atoms with van der Waals surface area (Å²) in [6.07, 6.45) is 2.59. The number of nitrogens with zero attached hydrogens (tertiary/aromatic N) is 3. The minimum atomic E-state index is -0.422. The molecule has 148 valence electrons. The molecule has 2 rings (SSSR count). The Hall–Kier alpha value is -1.37. The number of carbonyl (C=O) groups excluding carboxylic acids is 1. The van der Waals surface area contributed by atoms with Crippen molar-refractivity contribution in [1.82, 2.24) is 20.1 Å². The van der Waals surface area contributed by atoms with E-state index in [1.54, 1.807) is 6.20 Å². The summed E-state index contributed by atoms with van der Waals surface area (Å²) in [4.78, 5) is 17.4. The van der Waals surface area contributed by atoms with Crippen molar-refractivity contribution < 1.29 is 4.79 Å². The number of hydrogen-bond donors (Lipinski definition) is 2. The zero-order valence-electron chi connectivity index (χ0n) is 16.4. The van der Waals surface area contributed by atoms with Crippen molar-refractivity contribution in [1.29, 1.82) is 0 Å². The quantitative estimate of drug-likeness (QED) is 0.770. The lowest BCUT2D eigenvalue weighted by Gasteiger charge is -2.31. The molecule has 0 aliphatic heterocycles. The first-order valence-corrected chi connectivity index (χ1v) is 8.54. The molecule has 2 aromatic rings. The molecule has 26 heavy (non-hydrogen) atoms. The lowest BCUT2D eigenvalue weighted by molar-refractivity contribution is 0.0897. The normalized spacial score (nSPS) is 13.3. The summed E-state index contributed by atoms with van der Waals surface area (Å²) in [6.45, 7) is 12.6. The lowest BCUT2D eigenvalue weighted by Crippen LogP contribution is -2.52. The zero-order valence-corrected chi connectivity index (χ0v) is 18.0. The number of nitrogens with one attached hydrogen (secondary N) is 1. The summed E-state index contributed by atoms with van der Waals surface area (Å²) >= 11 is 0. The van der Waals surface area contributed by atoms with Gasteiger partial charge in [0.15, 0.2) is 5.65 Å². The summed E-state index contributed by atoms with van der Waals surface area (Å²) in [5.41, 5.74) is 7.57. The Morgan fingerprint density at radius 2 is 1.92 bits per heavy atom. The van der Waals surface area contributed by atoms with E-state index < -0.39 is 5.54 Å². The Morgan fingerprint density at radius 3 is 2.42 bits per heavy atom. The first kappa shape index (κ1) is 24.6. The van der Waals surface area contributed by atoms with Gasteiger partial charge in [0.1, 0.15) is 0 Å². The molecule has 0 aromatic carbocycles. The predicted octanol–water partition coefficient (Wildman–Crippen LogP) is 3.66. The third-order valence-electron chi connectivity index (χ3n) is 4.22. The van der Waals surface area contributed by atoms with Crippen LogP contribution >= 0.6 is 24.8 Å². The molecule has 0 radical (unpaired) electrons. The van der Waals surface area contributed by atoms with Crippen LogP contribution in [0, 0.1) is 12.8 Å². The molecule has 6 nitrogen and oxygen atoms in total. The van der Waals surface area contributed by atoms with Gasteiger partial charge in [-0.3, -0.25) is 4.79 Å². The largest absolute Gasteiger partial charge is 0.346 e. The highest BCUT2D eigenvalue weighted by atomic mass is 35.5. The summed E-state index contributed by atoms with van der Waals surface area (Å²) in [7, 11) is 0. The summed E-state index contributed by atoms with van der Waals surface area (Å²) in [6, 6.07) is 2.09. The van der Waals surface area contributed by atoms with Crippen molar-refractivity contribution in [2.45, 2.75) is 59.5 Å². The van der Waals surface area contributed by atoms with Crippen LogP contribution in [0.3, 0.4) is 0 Å². The molecule has 0 spiro atoms. The molecule has 0 fully saturated rings. The average molecular weight is 404 g/mol. The summed E-state index contributed by atoms with van der Waals surface area (Å²) in [5.74, 6) is 0.317. The van der Waals surface area contributed by atoms with Gasteiger partial charge in [-0.05, 0) is 46.1 Å². The maximum atomic E-state index is 12.8. The van der Waals surface area contributed by atoms with Crippen LogP contribution in [0.25, 0.3) is 11.0 Å². The second-order valence-electron chi connectivity index (χ2n) is 7.53. The van der Waals surface area contributed by atoms with Crippen molar-refractivity contribution in [3.05, 3.63) is 23.5 Å². The zero-order chi connectivity index (χ0) is 18.1. The Kier molecular flexibility index (Phi) is 9.03. The van der Waals surface area contributed by atoms with E-state index in [0.29, 0.717) is 23.7 Å². The highest BCUT2D eigenvalue weighted by Gasteiger charge is 2.27. The fourth-order valence-electron chi connectivity index (χ4n) is 3.10. The highest BCUT2D eigenvalue weighted by Crippen LogP contribution is 2.21. The maximum Gasteiger partial charge on any atom is 0.253 e. The van der Waals surface area contributed by atoms with Crippen molar-refractivity contribution in [3.63, 3.8) is 0 Å². The van der Waals surface area contributed by atoms with Gasteiger partial charge in [0.05, 0.1) is 17.5 Å². The lowest BCUT2D eigenvalue weighted by atomic mass is 9.90. The number of halogens is 2. The van der Waals surface area contributed by atoms with E-state index in [9.17, 15) is 4.79 Å². The molecule has 3 N–H and O–H groups in total. The molecule has 8 heteroatoms. The topological polar surface area (TPSA) is 85.8 Å². The van der Waals surface area contributed by atoms with Crippen LogP contribution in [0.1, 0.15) is 63.1 Å². The smallest absolute Gasteiger partial charge is 0.253 e. The van der Waals surface area contributed by atoms with Crippen molar-refractivity contribution in [3.8, 4) is 0 Å². The van der Waals surface area contributed by atoms with Crippen LogP contribution in [-0.2, 0) is 0 Å². The molecule has 0 bridgehead atoms. The second kappa shape index (κ2) is 9.53. The van der Waals surface area contributed by atoms with Gasteiger partial charge in [-0.1, -0.05) is 13.8 Å². The molecule has 1 unspecified atom stereocenters. The molecule has 1 amide bonds. The van der Waals surface area contributed by atoms with Crippen LogP contribution in [0.2, 0.25) is 0 Å². The molecule has 2 heterocycles. The van der Waals surface area contributed by atoms with E-state index in [-0.39, 0.29) is 36.8 Å². The Morgan fingerprint density at radius 1 is 1.31 bits per heavy atom. The third-order valence-corrected chi connectivity index (χ3v) is 4.22. The van der Waals surface area contributed by atoms with Gasteiger partial charge in [-0.2, -0.15) is 5.10 Å². The van der Waals surface area contributed by atoms with E-state index in [1.165, 1.54) is 0 Å². The van der Waals surface area contributed by atoms with Crippen molar-refractivity contribution in [2.75, 3.05) is 6.54 Å². The van der Waals surface area contributed by atoms with E-state index >= 15 is 0 Å². The van der Waals surface area contributed by atoms with Crippen LogP contribution < -0.4 is 11.1 Å². The average Bonchev–Trinajstić information content (AvgIpc) is 2.88. The number of nitrogens with two attached hydrogens (primary N) is 1. The number of carbonyl (C=O) groups is 1. The first-order chi connectivity index (χ1) is 11.2. The molecule has 1 atom stereocenters.